The highest BCUT2D eigenvalue weighted by Gasteiger charge is 2.13. The molecular formula is C14H10BrF2NO. The van der Waals surface area contributed by atoms with Crippen LogP contribution in [0.15, 0.2) is 46.9 Å². The van der Waals surface area contributed by atoms with Crippen LogP contribution >= 0.6 is 15.9 Å². The molecule has 0 saturated heterocycles. The lowest BCUT2D eigenvalue weighted by molar-refractivity contribution is 0.0946. The Morgan fingerprint density at radius 3 is 2.58 bits per heavy atom. The maximum atomic E-state index is 13.7. The molecule has 2 nitrogen and oxygen atoms in total. The van der Waals surface area contributed by atoms with Gasteiger partial charge in [-0.15, -0.1) is 0 Å². The van der Waals surface area contributed by atoms with Crippen molar-refractivity contribution in [1.29, 1.82) is 0 Å². The Hall–Kier alpha value is -1.75. The average molecular weight is 326 g/mol. The zero-order chi connectivity index (χ0) is 13.8. The van der Waals surface area contributed by atoms with E-state index in [1.165, 1.54) is 18.2 Å². The van der Waals surface area contributed by atoms with Crippen molar-refractivity contribution in [3.05, 3.63) is 69.7 Å². The van der Waals surface area contributed by atoms with Crippen molar-refractivity contribution in [2.24, 2.45) is 0 Å². The topological polar surface area (TPSA) is 29.1 Å². The molecule has 0 spiro atoms. The van der Waals surface area contributed by atoms with Gasteiger partial charge in [0.15, 0.2) is 0 Å². The molecule has 2 aromatic rings. The van der Waals surface area contributed by atoms with Crippen molar-refractivity contribution >= 4 is 21.8 Å². The molecule has 2 rings (SSSR count). The Labute approximate surface area is 117 Å². The molecule has 0 unspecified atom stereocenters. The SMILES string of the molecule is O=C(NCc1ccccc1F)c1cccc(Br)c1F. The molecule has 0 saturated carbocycles. The summed E-state index contributed by atoms with van der Waals surface area (Å²) >= 11 is 3.01. The monoisotopic (exact) mass is 325 g/mol. The largest absolute Gasteiger partial charge is 0.348 e. The van der Waals surface area contributed by atoms with Crippen LogP contribution in [0.2, 0.25) is 0 Å². The van der Waals surface area contributed by atoms with Gasteiger partial charge in [-0.2, -0.15) is 0 Å². The van der Waals surface area contributed by atoms with Gasteiger partial charge in [0.2, 0.25) is 0 Å². The van der Waals surface area contributed by atoms with E-state index in [1.54, 1.807) is 24.3 Å². The van der Waals surface area contributed by atoms with Crippen molar-refractivity contribution in [3.63, 3.8) is 0 Å². The normalized spacial score (nSPS) is 10.3. The zero-order valence-electron chi connectivity index (χ0n) is 9.79. The third-order valence-electron chi connectivity index (χ3n) is 2.59. The van der Waals surface area contributed by atoms with Gasteiger partial charge >= 0.3 is 0 Å². The third-order valence-corrected chi connectivity index (χ3v) is 3.21. The van der Waals surface area contributed by atoms with Crippen LogP contribution in [-0.2, 0) is 6.54 Å². The van der Waals surface area contributed by atoms with Crippen LogP contribution in [0.1, 0.15) is 15.9 Å². The first-order valence-electron chi connectivity index (χ1n) is 5.55. The van der Waals surface area contributed by atoms with Gasteiger partial charge in [0, 0.05) is 12.1 Å². The van der Waals surface area contributed by atoms with Crippen molar-refractivity contribution < 1.29 is 13.6 Å². The molecule has 1 N–H and O–H groups in total. The standard InChI is InChI=1S/C14H10BrF2NO/c15-11-6-3-5-10(13(11)17)14(19)18-8-9-4-1-2-7-12(9)16/h1-7H,8H2,(H,18,19). The first-order chi connectivity index (χ1) is 9.09. The van der Waals surface area contributed by atoms with Crippen molar-refractivity contribution in [3.8, 4) is 0 Å². The number of hydrogen-bond donors (Lipinski definition) is 1. The minimum atomic E-state index is -0.631. The second-order valence-electron chi connectivity index (χ2n) is 3.88. The second kappa shape index (κ2) is 5.93. The molecular weight excluding hydrogens is 316 g/mol. The lowest BCUT2D eigenvalue weighted by Gasteiger charge is -2.07. The van der Waals surface area contributed by atoms with E-state index in [1.807, 2.05) is 0 Å². The Morgan fingerprint density at radius 2 is 1.84 bits per heavy atom. The molecule has 0 atom stereocenters. The second-order valence-corrected chi connectivity index (χ2v) is 4.73. The van der Waals surface area contributed by atoms with Crippen molar-refractivity contribution in [2.45, 2.75) is 6.54 Å². The molecule has 1 amide bonds. The summed E-state index contributed by atoms with van der Waals surface area (Å²) in [6.07, 6.45) is 0. The van der Waals surface area contributed by atoms with Crippen LogP contribution in [0.4, 0.5) is 8.78 Å². The van der Waals surface area contributed by atoms with E-state index in [0.717, 1.165) is 0 Å². The van der Waals surface area contributed by atoms with Crippen LogP contribution in [0, 0.1) is 11.6 Å². The molecule has 0 aliphatic heterocycles. The molecule has 0 bridgehead atoms. The summed E-state index contributed by atoms with van der Waals surface area (Å²) in [5, 5.41) is 2.48. The number of carbonyl (C=O) groups is 1. The van der Waals surface area contributed by atoms with Gasteiger partial charge < -0.3 is 5.32 Å². The summed E-state index contributed by atoms with van der Waals surface area (Å²) in [5.41, 5.74) is 0.275. The lowest BCUT2D eigenvalue weighted by atomic mass is 10.1. The minimum Gasteiger partial charge on any atom is -0.348 e. The van der Waals surface area contributed by atoms with E-state index in [4.69, 9.17) is 0 Å². The molecule has 0 aromatic heterocycles. The van der Waals surface area contributed by atoms with E-state index < -0.39 is 17.5 Å². The summed E-state index contributed by atoms with van der Waals surface area (Å²) in [7, 11) is 0. The van der Waals surface area contributed by atoms with Crippen molar-refractivity contribution in [1.82, 2.24) is 5.32 Å². The van der Waals surface area contributed by atoms with E-state index in [-0.39, 0.29) is 16.6 Å². The summed E-state index contributed by atoms with van der Waals surface area (Å²) in [4.78, 5) is 11.8. The van der Waals surface area contributed by atoms with Gasteiger partial charge in [-0.3, -0.25) is 4.79 Å². The summed E-state index contributed by atoms with van der Waals surface area (Å²) < 4.78 is 27.2. The predicted octanol–water partition coefficient (Wildman–Crippen LogP) is 3.66. The zero-order valence-corrected chi connectivity index (χ0v) is 11.4. The minimum absolute atomic E-state index is 0.0114. The number of halogens is 3. The molecule has 2 aromatic carbocycles. The number of carbonyl (C=O) groups excluding carboxylic acids is 1. The average Bonchev–Trinajstić information content (AvgIpc) is 2.40. The number of nitrogens with one attached hydrogen (secondary N) is 1. The van der Waals surface area contributed by atoms with E-state index in [0.29, 0.717) is 5.56 Å². The number of amides is 1. The maximum absolute atomic E-state index is 13.7. The fourth-order valence-corrected chi connectivity index (χ4v) is 1.96. The molecule has 0 aliphatic rings. The molecule has 5 heteroatoms. The van der Waals surface area contributed by atoms with Crippen LogP contribution in [0.25, 0.3) is 0 Å². The van der Waals surface area contributed by atoms with Gasteiger partial charge in [-0.05, 0) is 34.1 Å². The lowest BCUT2D eigenvalue weighted by Crippen LogP contribution is -2.24. The third kappa shape index (κ3) is 3.17. The van der Waals surface area contributed by atoms with Crippen LogP contribution in [-0.4, -0.2) is 5.91 Å². The van der Waals surface area contributed by atoms with Crippen LogP contribution < -0.4 is 5.32 Å². The highest BCUT2D eigenvalue weighted by Crippen LogP contribution is 2.18. The number of hydrogen-bond acceptors (Lipinski definition) is 1. The summed E-state index contributed by atoms with van der Waals surface area (Å²) in [6, 6.07) is 10.5. The first-order valence-corrected chi connectivity index (χ1v) is 6.34. The predicted molar refractivity (Wildman–Crippen MR) is 71.7 cm³/mol. The molecule has 0 aliphatic carbocycles. The number of rotatable bonds is 3. The Morgan fingerprint density at radius 1 is 1.11 bits per heavy atom. The van der Waals surface area contributed by atoms with Crippen LogP contribution in [0.3, 0.4) is 0 Å². The van der Waals surface area contributed by atoms with Gasteiger partial charge in [0.1, 0.15) is 11.6 Å². The van der Waals surface area contributed by atoms with Gasteiger partial charge in [-0.1, -0.05) is 24.3 Å². The molecule has 98 valence electrons. The Kier molecular flexibility index (Phi) is 4.27. The molecule has 0 heterocycles. The Balaban J connectivity index is 2.10. The summed E-state index contributed by atoms with van der Waals surface area (Å²) in [6.45, 7) is 0.0114. The van der Waals surface area contributed by atoms with E-state index in [9.17, 15) is 13.6 Å². The number of benzene rings is 2. The highest BCUT2D eigenvalue weighted by atomic mass is 79.9. The maximum Gasteiger partial charge on any atom is 0.254 e. The first kappa shape index (κ1) is 13.7. The molecule has 19 heavy (non-hydrogen) atoms. The highest BCUT2D eigenvalue weighted by molar-refractivity contribution is 9.10. The van der Waals surface area contributed by atoms with E-state index >= 15 is 0 Å². The molecule has 0 fully saturated rings. The van der Waals surface area contributed by atoms with Gasteiger partial charge in [-0.25, -0.2) is 8.78 Å². The van der Waals surface area contributed by atoms with Crippen molar-refractivity contribution in [2.75, 3.05) is 0 Å². The van der Waals surface area contributed by atoms with Gasteiger partial charge in [0.05, 0.1) is 10.0 Å². The van der Waals surface area contributed by atoms with Crippen LogP contribution in [0.5, 0.6) is 0 Å². The van der Waals surface area contributed by atoms with E-state index in [2.05, 4.69) is 21.2 Å². The Bertz CT molecular complexity index is 616. The fourth-order valence-electron chi connectivity index (χ4n) is 1.59. The summed E-state index contributed by atoms with van der Waals surface area (Å²) in [5.74, 6) is -1.62. The smallest absolute Gasteiger partial charge is 0.254 e. The molecule has 0 radical (unpaired) electrons. The fraction of sp³-hybridized carbons (Fsp3) is 0.0714. The van der Waals surface area contributed by atoms with Gasteiger partial charge in [0.25, 0.3) is 5.91 Å². The quantitative estimate of drug-likeness (QED) is 0.916.